The summed E-state index contributed by atoms with van der Waals surface area (Å²) in [5, 5.41) is 0. The highest BCUT2D eigenvalue weighted by Gasteiger charge is 2.27. The largest absolute Gasteiger partial charge is 0.459 e. The zero-order chi connectivity index (χ0) is 14.6. The maximum atomic E-state index is 12.2. The molecule has 0 aliphatic heterocycles. The minimum atomic E-state index is -0.778. The third kappa shape index (κ3) is 4.71. The van der Waals surface area contributed by atoms with Crippen LogP contribution in [0, 0.1) is 5.92 Å². The molecule has 0 heterocycles. The van der Waals surface area contributed by atoms with E-state index in [1.54, 1.807) is 51.6 Å². The van der Waals surface area contributed by atoms with E-state index in [0.717, 1.165) is 4.90 Å². The molecule has 1 atom stereocenters. The van der Waals surface area contributed by atoms with E-state index >= 15 is 0 Å². The van der Waals surface area contributed by atoms with E-state index in [1.165, 1.54) is 0 Å². The third-order valence-electron chi connectivity index (χ3n) is 2.53. The quantitative estimate of drug-likeness (QED) is 0.366. The van der Waals surface area contributed by atoms with E-state index in [4.69, 9.17) is 4.74 Å². The van der Waals surface area contributed by atoms with Crippen LogP contribution in [0.25, 0.3) is 0 Å². The molecule has 104 valence electrons. The summed E-state index contributed by atoms with van der Waals surface area (Å²) in [7, 11) is 0. The molecule has 1 unspecified atom stereocenters. The van der Waals surface area contributed by atoms with Crippen LogP contribution in [0.15, 0.2) is 29.2 Å². The summed E-state index contributed by atoms with van der Waals surface area (Å²) in [6, 6.07) is 7.24. The first-order valence-electron chi connectivity index (χ1n) is 6.15. The highest BCUT2D eigenvalue weighted by molar-refractivity contribution is 7.98. The van der Waals surface area contributed by atoms with E-state index in [1.807, 2.05) is 18.4 Å². The van der Waals surface area contributed by atoms with Crippen molar-refractivity contribution in [3.63, 3.8) is 0 Å². The zero-order valence-corrected chi connectivity index (χ0v) is 12.8. The standard InChI is InChI=1S/C15H20O3S/c1-10(14(17)18-15(2,3)4)13(16)11-6-8-12(19-5)9-7-11/h6-10H,1-5H3. The van der Waals surface area contributed by atoms with Gasteiger partial charge in [0.15, 0.2) is 5.78 Å². The molecule has 0 fully saturated rings. The number of Topliss-reactive ketones (excluding diaryl/α,β-unsaturated/α-hetero) is 1. The first-order chi connectivity index (χ1) is 8.74. The van der Waals surface area contributed by atoms with Crippen LogP contribution >= 0.6 is 11.8 Å². The van der Waals surface area contributed by atoms with Gasteiger partial charge in [0.05, 0.1) is 0 Å². The molecule has 3 nitrogen and oxygen atoms in total. The fraction of sp³-hybridized carbons (Fsp3) is 0.467. The van der Waals surface area contributed by atoms with Gasteiger partial charge >= 0.3 is 5.97 Å². The van der Waals surface area contributed by atoms with E-state index in [0.29, 0.717) is 5.56 Å². The summed E-state index contributed by atoms with van der Waals surface area (Å²) < 4.78 is 5.22. The lowest BCUT2D eigenvalue weighted by Gasteiger charge is -2.21. The van der Waals surface area contributed by atoms with Crippen molar-refractivity contribution in [3.05, 3.63) is 29.8 Å². The number of carbonyl (C=O) groups is 2. The van der Waals surface area contributed by atoms with Crippen molar-refractivity contribution in [1.29, 1.82) is 0 Å². The third-order valence-corrected chi connectivity index (χ3v) is 3.27. The van der Waals surface area contributed by atoms with Crippen LogP contribution in [0.4, 0.5) is 0 Å². The summed E-state index contributed by atoms with van der Waals surface area (Å²) in [5.74, 6) is -1.47. The maximum absolute atomic E-state index is 12.2. The number of ketones is 1. The Bertz CT molecular complexity index is 457. The molecule has 0 spiro atoms. The molecular formula is C15H20O3S. The number of esters is 1. The Kier molecular flexibility index (Phi) is 5.18. The Balaban J connectivity index is 2.78. The van der Waals surface area contributed by atoms with Crippen molar-refractivity contribution in [2.45, 2.75) is 38.2 Å². The van der Waals surface area contributed by atoms with Gasteiger partial charge in [-0.05, 0) is 46.1 Å². The average Bonchev–Trinajstić information content (AvgIpc) is 2.35. The van der Waals surface area contributed by atoms with Gasteiger partial charge in [0.25, 0.3) is 0 Å². The molecule has 0 aliphatic carbocycles. The van der Waals surface area contributed by atoms with Crippen molar-refractivity contribution >= 4 is 23.5 Å². The summed E-state index contributed by atoms with van der Waals surface area (Å²) in [5.41, 5.74) is -0.0370. The number of thioether (sulfide) groups is 1. The van der Waals surface area contributed by atoms with Crippen molar-refractivity contribution in [2.75, 3.05) is 6.26 Å². The average molecular weight is 280 g/mol. The number of ether oxygens (including phenoxy) is 1. The van der Waals surface area contributed by atoms with E-state index < -0.39 is 17.5 Å². The van der Waals surface area contributed by atoms with Crippen LogP contribution in [0.1, 0.15) is 38.1 Å². The minimum Gasteiger partial charge on any atom is -0.459 e. The topological polar surface area (TPSA) is 43.4 Å². The molecule has 0 amide bonds. The van der Waals surface area contributed by atoms with Gasteiger partial charge in [-0.2, -0.15) is 0 Å². The lowest BCUT2D eigenvalue weighted by Crippen LogP contribution is -2.31. The van der Waals surface area contributed by atoms with Crippen LogP contribution in [0.5, 0.6) is 0 Å². The molecule has 1 aromatic carbocycles. The number of rotatable bonds is 4. The number of carbonyl (C=O) groups excluding carboxylic acids is 2. The Hall–Kier alpha value is -1.29. The van der Waals surface area contributed by atoms with Crippen LogP contribution in [0.3, 0.4) is 0 Å². The molecule has 4 heteroatoms. The highest BCUT2D eigenvalue weighted by atomic mass is 32.2. The molecule has 1 rings (SSSR count). The molecule has 0 radical (unpaired) electrons. The Morgan fingerprint density at radius 2 is 1.68 bits per heavy atom. The summed E-state index contributed by atoms with van der Waals surface area (Å²) in [6.07, 6.45) is 1.97. The smallest absolute Gasteiger partial charge is 0.317 e. The Morgan fingerprint density at radius 3 is 2.11 bits per heavy atom. The molecular weight excluding hydrogens is 260 g/mol. The van der Waals surface area contributed by atoms with E-state index in [-0.39, 0.29) is 5.78 Å². The van der Waals surface area contributed by atoms with Gasteiger partial charge in [0.1, 0.15) is 11.5 Å². The number of hydrogen-bond acceptors (Lipinski definition) is 4. The van der Waals surface area contributed by atoms with Crippen molar-refractivity contribution in [2.24, 2.45) is 5.92 Å². The van der Waals surface area contributed by atoms with Crippen LogP contribution in [0.2, 0.25) is 0 Å². The molecule has 0 N–H and O–H groups in total. The highest BCUT2D eigenvalue weighted by Crippen LogP contribution is 2.18. The van der Waals surface area contributed by atoms with E-state index in [2.05, 4.69) is 0 Å². The van der Waals surface area contributed by atoms with Crippen LogP contribution < -0.4 is 0 Å². The Morgan fingerprint density at radius 1 is 1.16 bits per heavy atom. The summed E-state index contributed by atoms with van der Waals surface area (Å²) >= 11 is 1.61. The number of hydrogen-bond donors (Lipinski definition) is 0. The van der Waals surface area contributed by atoms with Gasteiger partial charge in [-0.15, -0.1) is 11.8 Å². The first-order valence-corrected chi connectivity index (χ1v) is 7.38. The lowest BCUT2D eigenvalue weighted by molar-refractivity contribution is -0.157. The predicted molar refractivity (Wildman–Crippen MR) is 77.6 cm³/mol. The van der Waals surface area contributed by atoms with Crippen LogP contribution in [-0.4, -0.2) is 23.6 Å². The SMILES string of the molecule is CSc1ccc(C(=O)C(C)C(=O)OC(C)(C)C)cc1. The minimum absolute atomic E-state index is 0.207. The first kappa shape index (κ1) is 15.8. The van der Waals surface area contributed by atoms with Gasteiger partial charge in [-0.3, -0.25) is 9.59 Å². The normalized spacial score (nSPS) is 12.9. The fourth-order valence-corrected chi connectivity index (χ4v) is 1.91. The van der Waals surface area contributed by atoms with Crippen molar-refractivity contribution < 1.29 is 14.3 Å². The monoisotopic (exact) mass is 280 g/mol. The zero-order valence-electron chi connectivity index (χ0n) is 12.0. The lowest BCUT2D eigenvalue weighted by atomic mass is 9.99. The van der Waals surface area contributed by atoms with Crippen LogP contribution in [-0.2, 0) is 9.53 Å². The summed E-state index contributed by atoms with van der Waals surface area (Å²) in [6.45, 7) is 6.94. The maximum Gasteiger partial charge on any atom is 0.317 e. The van der Waals surface area contributed by atoms with Gasteiger partial charge in [-0.1, -0.05) is 12.1 Å². The molecule has 19 heavy (non-hydrogen) atoms. The molecule has 1 aromatic rings. The molecule has 0 saturated heterocycles. The predicted octanol–water partition coefficient (Wildman–Crippen LogP) is 3.57. The van der Waals surface area contributed by atoms with Crippen molar-refractivity contribution in [1.82, 2.24) is 0 Å². The number of benzene rings is 1. The second-order valence-corrected chi connectivity index (χ2v) is 6.23. The second kappa shape index (κ2) is 6.24. The van der Waals surface area contributed by atoms with E-state index in [9.17, 15) is 9.59 Å². The van der Waals surface area contributed by atoms with Crippen molar-refractivity contribution in [3.8, 4) is 0 Å². The fourth-order valence-electron chi connectivity index (χ4n) is 1.50. The molecule has 0 saturated carbocycles. The Labute approximate surface area is 118 Å². The molecule has 0 bridgehead atoms. The second-order valence-electron chi connectivity index (χ2n) is 5.35. The van der Waals surface area contributed by atoms with Gasteiger partial charge in [0.2, 0.25) is 0 Å². The van der Waals surface area contributed by atoms with Gasteiger partial charge in [-0.25, -0.2) is 0 Å². The van der Waals surface area contributed by atoms with Gasteiger partial charge in [0, 0.05) is 10.5 Å². The molecule has 0 aliphatic rings. The van der Waals surface area contributed by atoms with Gasteiger partial charge < -0.3 is 4.74 Å². The molecule has 0 aromatic heterocycles. The summed E-state index contributed by atoms with van der Waals surface area (Å²) in [4.78, 5) is 25.1.